The molecule has 1 aromatic carbocycles. The summed E-state index contributed by atoms with van der Waals surface area (Å²) >= 11 is 0. The molecule has 1 saturated heterocycles. The number of alkyl halides is 3. The first-order chi connectivity index (χ1) is 16.2. The fourth-order valence-electron chi connectivity index (χ4n) is 4.05. The first-order valence-electron chi connectivity index (χ1n) is 11.0. The molecule has 3 aromatic rings. The number of halogens is 3. The number of rotatable bonds is 6. The number of amides is 1. The summed E-state index contributed by atoms with van der Waals surface area (Å²) in [6.07, 6.45) is -2.31. The molecule has 1 fully saturated rings. The van der Waals surface area contributed by atoms with E-state index in [-0.39, 0.29) is 17.8 Å². The molecule has 2 aromatic heterocycles. The number of nitrogens with one attached hydrogen (secondary N) is 1. The molecule has 1 amide bonds. The number of nitrogens with zero attached hydrogens (tertiary/aromatic N) is 4. The number of aromatic nitrogens is 3. The number of morpholine rings is 1. The molecular weight excluding hydrogens is 447 g/mol. The Balaban J connectivity index is 1.50. The zero-order valence-corrected chi connectivity index (χ0v) is 19.0. The summed E-state index contributed by atoms with van der Waals surface area (Å²) in [5.74, 6) is -0.0999. The van der Waals surface area contributed by atoms with Gasteiger partial charge in [-0.3, -0.25) is 9.69 Å². The van der Waals surface area contributed by atoms with Gasteiger partial charge >= 0.3 is 6.18 Å². The number of pyridine rings is 1. The largest absolute Gasteiger partial charge is 0.417 e. The highest BCUT2D eigenvalue weighted by atomic mass is 19.4. The molecule has 0 aliphatic carbocycles. The van der Waals surface area contributed by atoms with Crippen molar-refractivity contribution in [1.29, 1.82) is 0 Å². The molecular formula is C24H26F3N5O2. The first kappa shape index (κ1) is 23.9. The van der Waals surface area contributed by atoms with Crippen molar-refractivity contribution < 1.29 is 22.7 Å². The highest BCUT2D eigenvalue weighted by Gasteiger charge is 2.31. The maximum atomic E-state index is 13.0. The molecule has 1 N–H and O–H groups in total. The van der Waals surface area contributed by atoms with E-state index in [0.29, 0.717) is 31.0 Å². The fourth-order valence-corrected chi connectivity index (χ4v) is 4.05. The third-order valence-electron chi connectivity index (χ3n) is 5.92. The van der Waals surface area contributed by atoms with Gasteiger partial charge in [0.25, 0.3) is 5.91 Å². The van der Waals surface area contributed by atoms with Crippen LogP contribution in [0.25, 0.3) is 5.82 Å². The molecule has 0 saturated carbocycles. The Hall–Kier alpha value is -3.24. The molecule has 3 heterocycles. The summed E-state index contributed by atoms with van der Waals surface area (Å²) in [5.41, 5.74) is 2.24. The van der Waals surface area contributed by atoms with E-state index in [0.717, 1.165) is 36.5 Å². The predicted octanol–water partition coefficient (Wildman–Crippen LogP) is 3.71. The summed E-state index contributed by atoms with van der Waals surface area (Å²) in [6.45, 7) is 6.93. The average Bonchev–Trinajstić information content (AvgIpc) is 3.21. The third-order valence-corrected chi connectivity index (χ3v) is 5.92. The van der Waals surface area contributed by atoms with Crippen LogP contribution in [0.2, 0.25) is 0 Å². The van der Waals surface area contributed by atoms with Crippen molar-refractivity contribution in [1.82, 2.24) is 25.0 Å². The molecule has 4 rings (SSSR count). The van der Waals surface area contributed by atoms with Gasteiger partial charge in [-0.15, -0.1) is 0 Å². The molecule has 180 valence electrons. The first-order valence-corrected chi connectivity index (χ1v) is 11.0. The monoisotopic (exact) mass is 473 g/mol. The number of hydrogen-bond acceptors (Lipinski definition) is 5. The number of carbonyl (C=O) groups excluding carboxylic acids is 1. The number of hydrogen-bond donors (Lipinski definition) is 1. The van der Waals surface area contributed by atoms with Crippen LogP contribution in [-0.4, -0.2) is 58.4 Å². The van der Waals surface area contributed by atoms with Crippen molar-refractivity contribution in [2.24, 2.45) is 0 Å². The average molecular weight is 473 g/mol. The second kappa shape index (κ2) is 9.94. The van der Waals surface area contributed by atoms with Crippen molar-refractivity contribution in [3.8, 4) is 5.82 Å². The third kappa shape index (κ3) is 5.28. The Kier molecular flexibility index (Phi) is 6.99. The maximum absolute atomic E-state index is 13.0. The van der Waals surface area contributed by atoms with Gasteiger partial charge in [0.1, 0.15) is 0 Å². The van der Waals surface area contributed by atoms with E-state index in [1.807, 2.05) is 19.1 Å². The normalized spacial score (nSPS) is 15.8. The molecule has 0 spiro atoms. The standard InChI is InChI=1S/C24H26F3N5O2/c1-16-4-3-5-18(12-16)21(31-8-10-34-11-9-31)15-29-23(33)20-14-30-32(17(20)2)22-7-6-19(13-28-22)24(25,26)27/h3-7,12-14,21H,8-11,15H2,1-2H3,(H,29,33). The number of aryl methyl sites for hydroxylation is 1. The predicted molar refractivity (Wildman–Crippen MR) is 120 cm³/mol. The highest BCUT2D eigenvalue weighted by Crippen LogP contribution is 2.29. The molecule has 10 heteroatoms. The van der Waals surface area contributed by atoms with Crippen LogP contribution < -0.4 is 5.32 Å². The van der Waals surface area contributed by atoms with E-state index in [2.05, 4.69) is 32.4 Å². The summed E-state index contributed by atoms with van der Waals surface area (Å²) in [7, 11) is 0. The van der Waals surface area contributed by atoms with E-state index in [4.69, 9.17) is 4.74 Å². The minimum Gasteiger partial charge on any atom is -0.379 e. The van der Waals surface area contributed by atoms with E-state index in [1.165, 1.54) is 16.9 Å². The van der Waals surface area contributed by atoms with Gasteiger partial charge < -0.3 is 10.1 Å². The molecule has 1 aliphatic heterocycles. The summed E-state index contributed by atoms with van der Waals surface area (Å²) in [4.78, 5) is 19.2. The van der Waals surface area contributed by atoms with Crippen LogP contribution >= 0.6 is 0 Å². The van der Waals surface area contributed by atoms with Gasteiger partial charge in [0.2, 0.25) is 0 Å². The molecule has 0 bridgehead atoms. The Labute approximate surface area is 195 Å². The Morgan fingerprint density at radius 3 is 2.56 bits per heavy atom. The second-order valence-corrected chi connectivity index (χ2v) is 8.25. The van der Waals surface area contributed by atoms with Crippen LogP contribution in [0.15, 0.2) is 48.8 Å². The molecule has 7 nitrogen and oxygen atoms in total. The van der Waals surface area contributed by atoms with Gasteiger partial charge in [0, 0.05) is 25.8 Å². The van der Waals surface area contributed by atoms with Crippen molar-refractivity contribution in [3.63, 3.8) is 0 Å². The highest BCUT2D eigenvalue weighted by molar-refractivity contribution is 5.95. The minimum absolute atomic E-state index is 0.0142. The van der Waals surface area contributed by atoms with Crippen molar-refractivity contribution in [3.05, 3.63) is 76.7 Å². The molecule has 0 radical (unpaired) electrons. The van der Waals surface area contributed by atoms with Gasteiger partial charge in [-0.2, -0.15) is 18.3 Å². The van der Waals surface area contributed by atoms with Gasteiger partial charge in [0.05, 0.1) is 42.3 Å². The van der Waals surface area contributed by atoms with Crippen LogP contribution in [0, 0.1) is 13.8 Å². The van der Waals surface area contributed by atoms with Crippen LogP contribution in [-0.2, 0) is 10.9 Å². The van der Waals surface area contributed by atoms with Gasteiger partial charge in [-0.1, -0.05) is 29.8 Å². The van der Waals surface area contributed by atoms with E-state index in [9.17, 15) is 18.0 Å². The van der Waals surface area contributed by atoms with Gasteiger partial charge in [-0.05, 0) is 31.5 Å². The van der Waals surface area contributed by atoms with E-state index >= 15 is 0 Å². The quantitative estimate of drug-likeness (QED) is 0.591. The second-order valence-electron chi connectivity index (χ2n) is 8.25. The van der Waals surface area contributed by atoms with Crippen molar-refractivity contribution in [2.75, 3.05) is 32.8 Å². The summed E-state index contributed by atoms with van der Waals surface area (Å²) < 4.78 is 45.3. The molecule has 1 atom stereocenters. The molecule has 34 heavy (non-hydrogen) atoms. The van der Waals surface area contributed by atoms with Crippen LogP contribution in [0.1, 0.15) is 38.8 Å². The Morgan fingerprint density at radius 1 is 1.15 bits per heavy atom. The van der Waals surface area contributed by atoms with Crippen LogP contribution in [0.4, 0.5) is 13.2 Å². The smallest absolute Gasteiger partial charge is 0.379 e. The number of benzene rings is 1. The van der Waals surface area contributed by atoms with Crippen LogP contribution in [0.3, 0.4) is 0 Å². The fraction of sp³-hybridized carbons (Fsp3) is 0.375. The van der Waals surface area contributed by atoms with Gasteiger partial charge in [0.15, 0.2) is 5.82 Å². The van der Waals surface area contributed by atoms with Crippen molar-refractivity contribution in [2.45, 2.75) is 26.1 Å². The van der Waals surface area contributed by atoms with Crippen LogP contribution in [0.5, 0.6) is 0 Å². The zero-order valence-electron chi connectivity index (χ0n) is 19.0. The van der Waals surface area contributed by atoms with Crippen molar-refractivity contribution >= 4 is 5.91 Å². The van der Waals surface area contributed by atoms with Gasteiger partial charge in [-0.25, -0.2) is 9.67 Å². The number of ether oxygens (including phenoxy) is 1. The topological polar surface area (TPSA) is 72.3 Å². The summed E-state index contributed by atoms with van der Waals surface area (Å²) in [6, 6.07) is 10.4. The van der Waals surface area contributed by atoms with E-state index < -0.39 is 11.7 Å². The zero-order chi connectivity index (χ0) is 24.3. The Morgan fingerprint density at radius 2 is 1.91 bits per heavy atom. The summed E-state index contributed by atoms with van der Waals surface area (Å²) in [5, 5.41) is 7.18. The minimum atomic E-state index is -4.47. The SMILES string of the molecule is Cc1cccc(C(CNC(=O)c2cnn(-c3ccc(C(F)(F)F)cn3)c2C)N2CCOCC2)c1. The lowest BCUT2D eigenvalue weighted by molar-refractivity contribution is -0.137. The lowest BCUT2D eigenvalue weighted by Crippen LogP contribution is -2.43. The molecule has 1 unspecified atom stereocenters. The lowest BCUT2D eigenvalue weighted by atomic mass is 10.0. The molecule has 1 aliphatic rings. The number of carbonyl (C=O) groups is 1. The lowest BCUT2D eigenvalue weighted by Gasteiger charge is -2.35. The van der Waals surface area contributed by atoms with E-state index in [1.54, 1.807) is 6.92 Å². The Bertz CT molecular complexity index is 1140. The maximum Gasteiger partial charge on any atom is 0.417 e.